The maximum atomic E-state index is 3.58. The topological polar surface area (TPSA) is 4.93 Å². The molecule has 0 fully saturated rings. The average molecular weight is 336 g/mol. The summed E-state index contributed by atoms with van der Waals surface area (Å²) in [5.41, 5.74) is 4.08. The van der Waals surface area contributed by atoms with Gasteiger partial charge in [-0.2, -0.15) is 0 Å². The zero-order valence-electron chi connectivity index (χ0n) is 13.1. The average Bonchev–Trinajstić information content (AvgIpc) is 2.62. The Morgan fingerprint density at radius 1 is 1.25 bits per heavy atom. The van der Waals surface area contributed by atoms with Crippen LogP contribution < -0.4 is 0 Å². The molecule has 0 spiro atoms. The number of halogens is 1. The van der Waals surface area contributed by atoms with E-state index in [4.69, 9.17) is 0 Å². The number of hydrogen-bond acceptors (Lipinski definition) is 0. The maximum Gasteiger partial charge on any atom is 0.106 e. The van der Waals surface area contributed by atoms with E-state index in [1.54, 1.807) is 0 Å². The number of hydrogen-bond donors (Lipinski definition) is 0. The summed E-state index contributed by atoms with van der Waals surface area (Å²) in [5.74, 6) is 0. The van der Waals surface area contributed by atoms with Gasteiger partial charge in [-0.25, -0.2) is 0 Å². The van der Waals surface area contributed by atoms with Crippen LogP contribution in [0.15, 0.2) is 40.5 Å². The van der Waals surface area contributed by atoms with Crippen LogP contribution in [0.2, 0.25) is 0 Å². The molecule has 0 radical (unpaired) electrons. The van der Waals surface area contributed by atoms with Gasteiger partial charge in [-0.1, -0.05) is 33.6 Å². The Labute approximate surface area is 130 Å². The van der Waals surface area contributed by atoms with Crippen LogP contribution in [0.3, 0.4) is 0 Å². The molecule has 0 aliphatic rings. The third-order valence-electron chi connectivity index (χ3n) is 3.27. The summed E-state index contributed by atoms with van der Waals surface area (Å²) in [6.45, 7) is 6.27. The first-order valence-electron chi connectivity index (χ1n) is 6.97. The summed E-state index contributed by atoms with van der Waals surface area (Å²) >= 11 is 3.58. The van der Waals surface area contributed by atoms with Gasteiger partial charge in [0.05, 0.1) is 21.1 Å². The molecule has 0 aliphatic heterocycles. The summed E-state index contributed by atoms with van der Waals surface area (Å²) in [4.78, 5) is 0. The van der Waals surface area contributed by atoms with Crippen molar-refractivity contribution >= 4 is 26.8 Å². The van der Waals surface area contributed by atoms with Crippen molar-refractivity contribution in [2.24, 2.45) is 0 Å². The van der Waals surface area contributed by atoms with E-state index >= 15 is 0 Å². The fourth-order valence-corrected chi connectivity index (χ4v) is 2.76. The first kappa shape index (κ1) is 15.3. The van der Waals surface area contributed by atoms with Crippen molar-refractivity contribution in [2.45, 2.75) is 26.9 Å². The molecule has 2 aromatic rings. The maximum absolute atomic E-state index is 3.58. The first-order valence-corrected chi connectivity index (χ1v) is 7.77. The van der Waals surface area contributed by atoms with Gasteiger partial charge in [0.15, 0.2) is 0 Å². The molecule has 2 nitrogen and oxygen atoms in total. The lowest BCUT2D eigenvalue weighted by Gasteiger charge is -2.23. The SMILES string of the molecule is CC(C)=CCn1cc(C[N+](C)(C)C)c2ccc(Br)cc21. The molecule has 0 bridgehead atoms. The molecule has 20 heavy (non-hydrogen) atoms. The zero-order valence-corrected chi connectivity index (χ0v) is 14.7. The Kier molecular flexibility index (Phi) is 4.40. The predicted molar refractivity (Wildman–Crippen MR) is 90.8 cm³/mol. The second-order valence-corrected chi connectivity index (χ2v) is 7.61. The van der Waals surface area contributed by atoms with Crippen LogP contribution in [-0.2, 0) is 13.1 Å². The number of allylic oxidation sites excluding steroid dienone is 2. The molecule has 3 heteroatoms. The molecule has 1 aromatic carbocycles. The van der Waals surface area contributed by atoms with Gasteiger partial charge in [0.2, 0.25) is 0 Å². The number of aromatic nitrogens is 1. The summed E-state index contributed by atoms with van der Waals surface area (Å²) in [6.07, 6.45) is 4.58. The van der Waals surface area contributed by atoms with E-state index in [2.05, 4.69) is 86.0 Å². The molecular weight excluding hydrogens is 312 g/mol. The van der Waals surface area contributed by atoms with Crippen LogP contribution in [0.25, 0.3) is 10.9 Å². The highest BCUT2D eigenvalue weighted by atomic mass is 79.9. The highest BCUT2D eigenvalue weighted by molar-refractivity contribution is 9.10. The standard InChI is InChI=1S/C17H24BrN2/c1-13(2)8-9-19-11-14(12-20(3,4)5)16-7-6-15(18)10-17(16)19/h6-8,10-11H,9,12H2,1-5H3/q+1. The van der Waals surface area contributed by atoms with Crippen molar-refractivity contribution in [2.75, 3.05) is 21.1 Å². The number of nitrogens with zero attached hydrogens (tertiary/aromatic N) is 2. The summed E-state index contributed by atoms with van der Waals surface area (Å²) in [5, 5.41) is 1.36. The molecule has 108 valence electrons. The first-order chi connectivity index (χ1) is 9.26. The van der Waals surface area contributed by atoms with Crippen molar-refractivity contribution < 1.29 is 4.48 Å². The van der Waals surface area contributed by atoms with Gasteiger partial charge in [-0.15, -0.1) is 0 Å². The second kappa shape index (κ2) is 5.74. The minimum absolute atomic E-state index is 0.937. The van der Waals surface area contributed by atoms with Gasteiger partial charge in [0.1, 0.15) is 6.54 Å². The summed E-state index contributed by atoms with van der Waals surface area (Å²) < 4.78 is 4.42. The summed E-state index contributed by atoms with van der Waals surface area (Å²) in [6, 6.07) is 6.57. The van der Waals surface area contributed by atoms with E-state index in [-0.39, 0.29) is 0 Å². The van der Waals surface area contributed by atoms with Crippen molar-refractivity contribution in [3.05, 3.63) is 46.1 Å². The fraction of sp³-hybridized carbons (Fsp3) is 0.412. The van der Waals surface area contributed by atoms with E-state index in [1.807, 2.05) is 0 Å². The van der Waals surface area contributed by atoms with E-state index < -0.39 is 0 Å². The van der Waals surface area contributed by atoms with Gasteiger partial charge in [-0.05, 0) is 26.0 Å². The van der Waals surface area contributed by atoms with Crippen molar-refractivity contribution in [3.63, 3.8) is 0 Å². The minimum atomic E-state index is 0.937. The molecule has 0 atom stereocenters. The lowest BCUT2D eigenvalue weighted by Crippen LogP contribution is -2.33. The Morgan fingerprint density at radius 3 is 2.55 bits per heavy atom. The smallest absolute Gasteiger partial charge is 0.106 e. The Bertz CT molecular complexity index is 641. The van der Waals surface area contributed by atoms with Crippen molar-refractivity contribution in [1.82, 2.24) is 4.57 Å². The third kappa shape index (κ3) is 3.74. The number of fused-ring (bicyclic) bond motifs is 1. The Balaban J connectivity index is 2.51. The molecule has 0 N–H and O–H groups in total. The molecule has 1 aromatic heterocycles. The molecular formula is C17H24BrN2+. The molecule has 2 rings (SSSR count). The highest BCUT2D eigenvalue weighted by Crippen LogP contribution is 2.26. The summed E-state index contributed by atoms with van der Waals surface area (Å²) in [7, 11) is 6.70. The second-order valence-electron chi connectivity index (χ2n) is 6.70. The van der Waals surface area contributed by atoms with Crippen LogP contribution in [-0.4, -0.2) is 30.2 Å². The van der Waals surface area contributed by atoms with Crippen molar-refractivity contribution in [3.8, 4) is 0 Å². The van der Waals surface area contributed by atoms with Gasteiger partial charge < -0.3 is 9.05 Å². The fourth-order valence-electron chi connectivity index (χ4n) is 2.41. The molecule has 0 amide bonds. The molecule has 0 saturated heterocycles. The van der Waals surface area contributed by atoms with Crippen LogP contribution in [0.5, 0.6) is 0 Å². The van der Waals surface area contributed by atoms with Crippen LogP contribution >= 0.6 is 15.9 Å². The van der Waals surface area contributed by atoms with Gasteiger partial charge in [0, 0.05) is 33.7 Å². The van der Waals surface area contributed by atoms with E-state index in [0.29, 0.717) is 0 Å². The lowest BCUT2D eigenvalue weighted by molar-refractivity contribution is -0.883. The lowest BCUT2D eigenvalue weighted by atomic mass is 10.1. The van der Waals surface area contributed by atoms with Crippen molar-refractivity contribution in [1.29, 1.82) is 0 Å². The minimum Gasteiger partial charge on any atom is -0.343 e. The third-order valence-corrected chi connectivity index (χ3v) is 3.76. The zero-order chi connectivity index (χ0) is 14.9. The molecule has 0 unspecified atom stereocenters. The number of quaternary nitrogens is 1. The Hall–Kier alpha value is -1.06. The highest BCUT2D eigenvalue weighted by Gasteiger charge is 2.15. The van der Waals surface area contributed by atoms with E-state index in [9.17, 15) is 0 Å². The van der Waals surface area contributed by atoms with Crippen LogP contribution in [0.1, 0.15) is 19.4 Å². The molecule has 0 saturated carbocycles. The van der Waals surface area contributed by atoms with Gasteiger partial charge >= 0.3 is 0 Å². The number of benzene rings is 1. The van der Waals surface area contributed by atoms with Crippen LogP contribution in [0, 0.1) is 0 Å². The Morgan fingerprint density at radius 2 is 1.95 bits per heavy atom. The predicted octanol–water partition coefficient (Wildman–Crippen LogP) is 4.58. The largest absolute Gasteiger partial charge is 0.343 e. The molecule has 1 heterocycles. The van der Waals surface area contributed by atoms with Crippen LogP contribution in [0.4, 0.5) is 0 Å². The monoisotopic (exact) mass is 335 g/mol. The normalized spacial score (nSPS) is 11.9. The molecule has 0 aliphatic carbocycles. The number of rotatable bonds is 4. The van der Waals surface area contributed by atoms with E-state index in [0.717, 1.165) is 22.0 Å². The quantitative estimate of drug-likeness (QED) is 0.569. The van der Waals surface area contributed by atoms with Gasteiger partial charge in [-0.3, -0.25) is 0 Å². The van der Waals surface area contributed by atoms with E-state index in [1.165, 1.54) is 22.0 Å². The van der Waals surface area contributed by atoms with Gasteiger partial charge in [0.25, 0.3) is 0 Å².